The molecule has 0 aliphatic carbocycles. The normalized spacial score (nSPS) is 12.4. The fourth-order valence-electron chi connectivity index (χ4n) is 1.83. The molecule has 1 aromatic heterocycles. The third kappa shape index (κ3) is 2.40. The molecule has 2 rings (SSSR count). The van der Waals surface area contributed by atoms with Crippen LogP contribution in [-0.4, -0.2) is 4.98 Å². The number of nitrogens with zero attached hydrogens (tertiary/aromatic N) is 1. The summed E-state index contributed by atoms with van der Waals surface area (Å²) < 4.78 is 0. The molecule has 4 heteroatoms. The molecule has 0 amide bonds. The monoisotopic (exact) mass is 247 g/mol. The molecule has 1 aromatic carbocycles. The Hall–Kier alpha value is -1.58. The molecule has 1 heterocycles. The second kappa shape index (κ2) is 4.73. The van der Waals surface area contributed by atoms with Gasteiger partial charge >= 0.3 is 0 Å². The first-order valence-corrected chi connectivity index (χ1v) is 5.69. The second-order valence-electron chi connectivity index (χ2n) is 3.96. The zero-order chi connectivity index (χ0) is 12.4. The molecule has 0 aliphatic rings. The van der Waals surface area contributed by atoms with Gasteiger partial charge in [-0.2, -0.15) is 0 Å². The summed E-state index contributed by atoms with van der Waals surface area (Å²) in [6.07, 6.45) is 1.68. The second-order valence-corrected chi connectivity index (χ2v) is 4.39. The Bertz CT molecular complexity index is 502. The van der Waals surface area contributed by atoms with Crippen LogP contribution in [0.5, 0.6) is 0 Å². The molecule has 0 aliphatic heterocycles. The topological polar surface area (TPSA) is 64.9 Å². The molecular weight excluding hydrogens is 234 g/mol. The Kier molecular flexibility index (Phi) is 3.31. The smallest absolute Gasteiger partial charge is 0.128 e. The van der Waals surface area contributed by atoms with Crippen LogP contribution in [0.15, 0.2) is 36.5 Å². The standard InChI is InChI=1S/C13H14ClN3/c1-8-6-7-17-13(16)11(8)12(15)9-2-4-10(14)5-3-9/h2-7,12H,15H2,1H3,(H2,16,17). The lowest BCUT2D eigenvalue weighted by Crippen LogP contribution is -2.16. The Labute approximate surface area is 105 Å². The predicted octanol–water partition coefficient (Wildman–Crippen LogP) is 2.67. The maximum Gasteiger partial charge on any atom is 0.128 e. The summed E-state index contributed by atoms with van der Waals surface area (Å²) in [7, 11) is 0. The quantitative estimate of drug-likeness (QED) is 0.858. The van der Waals surface area contributed by atoms with E-state index in [-0.39, 0.29) is 6.04 Å². The Morgan fingerprint density at radius 3 is 2.41 bits per heavy atom. The van der Waals surface area contributed by atoms with Crippen molar-refractivity contribution in [2.24, 2.45) is 5.73 Å². The average Bonchev–Trinajstić information content (AvgIpc) is 2.29. The number of hydrogen-bond donors (Lipinski definition) is 2. The third-order valence-electron chi connectivity index (χ3n) is 2.78. The van der Waals surface area contributed by atoms with Crippen molar-refractivity contribution in [1.29, 1.82) is 0 Å². The van der Waals surface area contributed by atoms with Gasteiger partial charge in [-0.15, -0.1) is 0 Å². The number of halogens is 1. The summed E-state index contributed by atoms with van der Waals surface area (Å²) in [6.45, 7) is 1.98. The minimum absolute atomic E-state index is 0.277. The van der Waals surface area contributed by atoms with Gasteiger partial charge in [0.25, 0.3) is 0 Å². The molecular formula is C13H14ClN3. The van der Waals surface area contributed by atoms with E-state index in [2.05, 4.69) is 4.98 Å². The number of nitrogens with two attached hydrogens (primary N) is 2. The predicted molar refractivity (Wildman–Crippen MR) is 70.9 cm³/mol. The number of benzene rings is 1. The number of aromatic nitrogens is 1. The largest absolute Gasteiger partial charge is 0.383 e. The van der Waals surface area contributed by atoms with E-state index in [0.29, 0.717) is 10.8 Å². The van der Waals surface area contributed by atoms with Gasteiger partial charge in [0.2, 0.25) is 0 Å². The van der Waals surface area contributed by atoms with Crippen molar-refractivity contribution in [3.05, 3.63) is 58.2 Å². The van der Waals surface area contributed by atoms with Crippen LogP contribution in [0.3, 0.4) is 0 Å². The highest BCUT2D eigenvalue weighted by Crippen LogP contribution is 2.26. The molecule has 3 nitrogen and oxygen atoms in total. The van der Waals surface area contributed by atoms with Gasteiger partial charge in [0.1, 0.15) is 5.82 Å². The van der Waals surface area contributed by atoms with Crippen LogP contribution in [-0.2, 0) is 0 Å². The van der Waals surface area contributed by atoms with Gasteiger partial charge in [0, 0.05) is 16.8 Å². The summed E-state index contributed by atoms with van der Waals surface area (Å²) in [5.74, 6) is 0.479. The number of anilines is 1. The van der Waals surface area contributed by atoms with E-state index in [1.807, 2.05) is 37.3 Å². The molecule has 0 saturated heterocycles. The third-order valence-corrected chi connectivity index (χ3v) is 3.03. The van der Waals surface area contributed by atoms with E-state index in [1.54, 1.807) is 6.20 Å². The summed E-state index contributed by atoms with van der Waals surface area (Å²) in [4.78, 5) is 4.08. The van der Waals surface area contributed by atoms with Crippen molar-refractivity contribution < 1.29 is 0 Å². The van der Waals surface area contributed by atoms with E-state index in [4.69, 9.17) is 23.1 Å². The van der Waals surface area contributed by atoms with Gasteiger partial charge in [-0.05, 0) is 36.2 Å². The maximum absolute atomic E-state index is 6.20. The van der Waals surface area contributed by atoms with Crippen molar-refractivity contribution in [3.8, 4) is 0 Å². The zero-order valence-corrected chi connectivity index (χ0v) is 10.3. The molecule has 0 bridgehead atoms. The van der Waals surface area contributed by atoms with Crippen LogP contribution in [0.25, 0.3) is 0 Å². The molecule has 0 saturated carbocycles. The van der Waals surface area contributed by atoms with Gasteiger partial charge < -0.3 is 11.5 Å². The van der Waals surface area contributed by atoms with Crippen molar-refractivity contribution in [1.82, 2.24) is 4.98 Å². The van der Waals surface area contributed by atoms with Crippen LogP contribution >= 0.6 is 11.6 Å². The molecule has 1 atom stereocenters. The lowest BCUT2D eigenvalue weighted by Gasteiger charge is -2.16. The molecule has 0 spiro atoms. The molecule has 88 valence electrons. The Morgan fingerprint density at radius 2 is 1.82 bits per heavy atom. The van der Waals surface area contributed by atoms with E-state index >= 15 is 0 Å². The molecule has 0 radical (unpaired) electrons. The number of rotatable bonds is 2. The van der Waals surface area contributed by atoms with Gasteiger partial charge in [0.05, 0.1) is 6.04 Å². The molecule has 0 fully saturated rings. The summed E-state index contributed by atoms with van der Waals surface area (Å²) >= 11 is 5.85. The molecule has 1 unspecified atom stereocenters. The van der Waals surface area contributed by atoms with E-state index < -0.39 is 0 Å². The fourth-order valence-corrected chi connectivity index (χ4v) is 1.96. The number of nitrogen functional groups attached to an aromatic ring is 1. The molecule has 4 N–H and O–H groups in total. The van der Waals surface area contributed by atoms with Crippen molar-refractivity contribution in [3.63, 3.8) is 0 Å². The molecule has 17 heavy (non-hydrogen) atoms. The van der Waals surface area contributed by atoms with Crippen LogP contribution in [0.2, 0.25) is 5.02 Å². The van der Waals surface area contributed by atoms with Crippen molar-refractivity contribution in [2.45, 2.75) is 13.0 Å². The lowest BCUT2D eigenvalue weighted by atomic mass is 9.97. The first-order chi connectivity index (χ1) is 8.09. The zero-order valence-electron chi connectivity index (χ0n) is 9.52. The number of pyridine rings is 1. The highest BCUT2D eigenvalue weighted by Gasteiger charge is 2.15. The van der Waals surface area contributed by atoms with Crippen molar-refractivity contribution >= 4 is 17.4 Å². The number of aryl methyl sites for hydroxylation is 1. The summed E-state index contributed by atoms with van der Waals surface area (Å²) in [5.41, 5.74) is 15.0. The number of hydrogen-bond acceptors (Lipinski definition) is 3. The van der Waals surface area contributed by atoms with E-state index in [9.17, 15) is 0 Å². The van der Waals surface area contributed by atoms with E-state index in [0.717, 1.165) is 16.7 Å². The van der Waals surface area contributed by atoms with Gasteiger partial charge in [0.15, 0.2) is 0 Å². The summed E-state index contributed by atoms with van der Waals surface area (Å²) in [6, 6.07) is 9.07. The summed E-state index contributed by atoms with van der Waals surface area (Å²) in [5, 5.41) is 0.692. The van der Waals surface area contributed by atoms with Gasteiger partial charge in [-0.3, -0.25) is 0 Å². The Morgan fingerprint density at radius 1 is 1.18 bits per heavy atom. The minimum Gasteiger partial charge on any atom is -0.383 e. The van der Waals surface area contributed by atoms with Crippen LogP contribution in [0.1, 0.15) is 22.7 Å². The van der Waals surface area contributed by atoms with Crippen molar-refractivity contribution in [2.75, 3.05) is 5.73 Å². The Balaban J connectivity index is 2.43. The lowest BCUT2D eigenvalue weighted by molar-refractivity contribution is 0.857. The van der Waals surface area contributed by atoms with Crippen LogP contribution in [0.4, 0.5) is 5.82 Å². The highest BCUT2D eigenvalue weighted by atomic mass is 35.5. The SMILES string of the molecule is Cc1ccnc(N)c1C(N)c1ccc(Cl)cc1. The first kappa shape index (κ1) is 11.9. The highest BCUT2D eigenvalue weighted by molar-refractivity contribution is 6.30. The first-order valence-electron chi connectivity index (χ1n) is 5.31. The van der Waals surface area contributed by atoms with Gasteiger partial charge in [-0.25, -0.2) is 4.98 Å². The average molecular weight is 248 g/mol. The molecule has 2 aromatic rings. The fraction of sp³-hybridized carbons (Fsp3) is 0.154. The van der Waals surface area contributed by atoms with E-state index in [1.165, 1.54) is 0 Å². The van der Waals surface area contributed by atoms with Gasteiger partial charge in [-0.1, -0.05) is 23.7 Å². The van der Waals surface area contributed by atoms with Crippen LogP contribution in [0, 0.1) is 6.92 Å². The maximum atomic E-state index is 6.20. The van der Waals surface area contributed by atoms with Crippen LogP contribution < -0.4 is 11.5 Å². The minimum atomic E-state index is -0.277.